The van der Waals surface area contributed by atoms with Gasteiger partial charge in [-0.25, -0.2) is 0 Å². The third-order valence-electron chi connectivity index (χ3n) is 2.54. The molecule has 0 aliphatic carbocycles. The minimum atomic E-state index is -0.855. The number of carboxylic acids is 1. The molecule has 4 nitrogen and oxygen atoms in total. The van der Waals surface area contributed by atoms with Gasteiger partial charge < -0.3 is 15.6 Å². The van der Waals surface area contributed by atoms with Crippen LogP contribution in [-0.4, -0.2) is 17.7 Å². The van der Waals surface area contributed by atoms with Gasteiger partial charge in [-0.2, -0.15) is 0 Å². The summed E-state index contributed by atoms with van der Waals surface area (Å²) < 4.78 is 5.48. The first-order valence-corrected chi connectivity index (χ1v) is 4.90. The highest BCUT2D eigenvalue weighted by Gasteiger charge is 2.21. The van der Waals surface area contributed by atoms with Crippen molar-refractivity contribution in [3.8, 4) is 5.75 Å². The fourth-order valence-electron chi connectivity index (χ4n) is 1.82. The van der Waals surface area contributed by atoms with E-state index in [0.717, 1.165) is 12.0 Å². The summed E-state index contributed by atoms with van der Waals surface area (Å²) in [5.41, 5.74) is 7.54. The molecule has 15 heavy (non-hydrogen) atoms. The largest absolute Gasteiger partial charge is 0.493 e. The molecule has 4 heteroatoms. The van der Waals surface area contributed by atoms with Crippen molar-refractivity contribution in [2.45, 2.75) is 18.9 Å². The first-order chi connectivity index (χ1) is 7.18. The van der Waals surface area contributed by atoms with Crippen LogP contribution in [0.15, 0.2) is 18.2 Å². The Balaban J connectivity index is 2.40. The average molecular weight is 207 g/mol. The van der Waals surface area contributed by atoms with Gasteiger partial charge in [-0.1, -0.05) is 18.2 Å². The van der Waals surface area contributed by atoms with E-state index in [1.165, 1.54) is 0 Å². The fraction of sp³-hybridized carbons (Fsp3) is 0.364. The Morgan fingerprint density at radius 2 is 2.40 bits per heavy atom. The van der Waals surface area contributed by atoms with E-state index in [4.69, 9.17) is 15.6 Å². The van der Waals surface area contributed by atoms with E-state index < -0.39 is 5.97 Å². The van der Waals surface area contributed by atoms with Crippen molar-refractivity contribution < 1.29 is 14.6 Å². The predicted molar refractivity (Wildman–Crippen MR) is 54.8 cm³/mol. The van der Waals surface area contributed by atoms with Crippen molar-refractivity contribution in [2.75, 3.05) is 6.61 Å². The third-order valence-corrected chi connectivity index (χ3v) is 2.54. The van der Waals surface area contributed by atoms with Gasteiger partial charge in [0.25, 0.3) is 0 Å². The normalized spacial score (nSPS) is 19.1. The summed E-state index contributed by atoms with van der Waals surface area (Å²) in [5, 5.41) is 8.75. The number of hydrogen-bond donors (Lipinski definition) is 2. The topological polar surface area (TPSA) is 72.5 Å². The second-order valence-corrected chi connectivity index (χ2v) is 3.65. The minimum absolute atomic E-state index is 0.0180. The van der Waals surface area contributed by atoms with Crippen molar-refractivity contribution >= 4 is 5.97 Å². The van der Waals surface area contributed by atoms with Gasteiger partial charge >= 0.3 is 5.97 Å². The third kappa shape index (κ3) is 1.94. The highest BCUT2D eigenvalue weighted by atomic mass is 16.5. The Labute approximate surface area is 87.7 Å². The van der Waals surface area contributed by atoms with Gasteiger partial charge in [0.15, 0.2) is 0 Å². The van der Waals surface area contributed by atoms with Gasteiger partial charge in [-0.15, -0.1) is 0 Å². The zero-order chi connectivity index (χ0) is 10.8. The van der Waals surface area contributed by atoms with Crippen molar-refractivity contribution in [2.24, 2.45) is 5.73 Å². The number of nitrogens with two attached hydrogens (primary N) is 1. The van der Waals surface area contributed by atoms with Crippen LogP contribution in [0, 0.1) is 0 Å². The van der Waals surface area contributed by atoms with Crippen LogP contribution in [0.1, 0.15) is 23.6 Å². The summed E-state index contributed by atoms with van der Waals surface area (Å²) in [6.45, 7) is 0.560. The van der Waals surface area contributed by atoms with Crippen molar-refractivity contribution in [1.82, 2.24) is 0 Å². The molecule has 1 heterocycles. The van der Waals surface area contributed by atoms with Crippen LogP contribution in [0.5, 0.6) is 5.75 Å². The smallest absolute Gasteiger partial charge is 0.307 e. The molecule has 0 radical (unpaired) electrons. The van der Waals surface area contributed by atoms with Crippen LogP contribution in [0.4, 0.5) is 0 Å². The van der Waals surface area contributed by atoms with Crippen molar-refractivity contribution in [3.63, 3.8) is 0 Å². The molecule has 1 aromatic rings. The first-order valence-electron chi connectivity index (χ1n) is 4.90. The zero-order valence-electron chi connectivity index (χ0n) is 8.27. The lowest BCUT2D eigenvalue weighted by atomic mass is 9.97. The van der Waals surface area contributed by atoms with E-state index >= 15 is 0 Å². The molecular weight excluding hydrogens is 194 g/mol. The van der Waals surface area contributed by atoms with Gasteiger partial charge in [-0.3, -0.25) is 4.79 Å². The maximum atomic E-state index is 10.6. The van der Waals surface area contributed by atoms with Gasteiger partial charge in [0.2, 0.25) is 0 Å². The van der Waals surface area contributed by atoms with E-state index in [2.05, 4.69) is 0 Å². The van der Waals surface area contributed by atoms with Crippen LogP contribution in [-0.2, 0) is 11.2 Å². The number of aliphatic carboxylic acids is 1. The van der Waals surface area contributed by atoms with Crippen LogP contribution >= 0.6 is 0 Å². The van der Waals surface area contributed by atoms with Gasteiger partial charge in [0.1, 0.15) is 5.75 Å². The van der Waals surface area contributed by atoms with Gasteiger partial charge in [0.05, 0.1) is 13.0 Å². The zero-order valence-corrected chi connectivity index (χ0v) is 8.27. The molecule has 1 atom stereocenters. The molecular formula is C11H13NO3. The van der Waals surface area contributed by atoms with E-state index in [0.29, 0.717) is 17.9 Å². The second-order valence-electron chi connectivity index (χ2n) is 3.65. The maximum Gasteiger partial charge on any atom is 0.307 e. The number of carbonyl (C=O) groups is 1. The maximum absolute atomic E-state index is 10.6. The Kier molecular flexibility index (Phi) is 2.60. The Hall–Kier alpha value is -1.55. The summed E-state index contributed by atoms with van der Waals surface area (Å²) >= 11 is 0. The lowest BCUT2D eigenvalue weighted by molar-refractivity contribution is -0.136. The van der Waals surface area contributed by atoms with Crippen LogP contribution in [0.3, 0.4) is 0 Å². The van der Waals surface area contributed by atoms with E-state index in [9.17, 15) is 4.79 Å². The number of fused-ring (bicyclic) bond motifs is 1. The Morgan fingerprint density at radius 1 is 1.60 bits per heavy atom. The molecule has 3 N–H and O–H groups in total. The van der Waals surface area contributed by atoms with Crippen molar-refractivity contribution in [3.05, 3.63) is 29.3 Å². The lowest BCUT2D eigenvalue weighted by Crippen LogP contribution is -2.21. The van der Waals surface area contributed by atoms with Gasteiger partial charge in [-0.05, 0) is 0 Å². The molecule has 2 rings (SSSR count). The summed E-state index contributed by atoms with van der Waals surface area (Å²) in [7, 11) is 0. The first kappa shape index (κ1) is 9.98. The van der Waals surface area contributed by atoms with Crippen LogP contribution in [0.2, 0.25) is 0 Å². The molecule has 1 unspecified atom stereocenters. The Morgan fingerprint density at radius 3 is 3.13 bits per heavy atom. The number of ether oxygens (including phenoxy) is 1. The van der Waals surface area contributed by atoms with E-state index in [-0.39, 0.29) is 12.5 Å². The molecule has 0 fully saturated rings. The fourth-order valence-corrected chi connectivity index (χ4v) is 1.82. The number of hydrogen-bond acceptors (Lipinski definition) is 3. The van der Waals surface area contributed by atoms with Crippen LogP contribution < -0.4 is 10.5 Å². The molecule has 0 spiro atoms. The van der Waals surface area contributed by atoms with E-state index in [1.54, 1.807) is 6.07 Å². The summed E-state index contributed by atoms with van der Waals surface area (Å²) in [6.07, 6.45) is 0.763. The highest BCUT2D eigenvalue weighted by Crippen LogP contribution is 2.33. The van der Waals surface area contributed by atoms with Crippen LogP contribution in [0.25, 0.3) is 0 Å². The molecule has 1 aliphatic rings. The highest BCUT2D eigenvalue weighted by molar-refractivity contribution is 5.71. The summed E-state index contributed by atoms with van der Waals surface area (Å²) in [4.78, 5) is 10.6. The average Bonchev–Trinajstić information content (AvgIpc) is 2.19. The monoisotopic (exact) mass is 207 g/mol. The SMILES string of the molecule is NC1CCOc2c(CC(=O)O)cccc21. The Bertz CT molecular complexity index is 389. The van der Waals surface area contributed by atoms with Crippen molar-refractivity contribution in [1.29, 1.82) is 0 Å². The summed E-state index contributed by atoms with van der Waals surface area (Å²) in [6, 6.07) is 5.45. The standard InChI is InChI=1S/C11H13NO3/c12-9-4-5-15-11-7(6-10(13)14)2-1-3-8(9)11/h1-3,9H,4-6,12H2,(H,13,14). The number of benzene rings is 1. The molecule has 0 amide bonds. The quantitative estimate of drug-likeness (QED) is 0.761. The molecule has 0 aromatic heterocycles. The van der Waals surface area contributed by atoms with E-state index in [1.807, 2.05) is 12.1 Å². The van der Waals surface area contributed by atoms with Gasteiger partial charge in [0, 0.05) is 23.6 Å². The molecule has 0 bridgehead atoms. The molecule has 1 aliphatic heterocycles. The predicted octanol–water partition coefficient (Wildman–Crippen LogP) is 1.10. The molecule has 0 saturated carbocycles. The minimum Gasteiger partial charge on any atom is -0.493 e. The molecule has 0 saturated heterocycles. The number of carboxylic acid groups (broad SMARTS) is 1. The lowest BCUT2D eigenvalue weighted by Gasteiger charge is -2.24. The molecule has 80 valence electrons. The second kappa shape index (κ2) is 3.90. The molecule has 1 aromatic carbocycles. The number of para-hydroxylation sites is 1. The summed E-state index contributed by atoms with van der Waals surface area (Å²) in [5.74, 6) is -0.190. The number of rotatable bonds is 2.